The van der Waals surface area contributed by atoms with Gasteiger partial charge < -0.3 is 4.74 Å². The fourth-order valence-corrected chi connectivity index (χ4v) is 2.74. The SMILES string of the molecule is COc1ccc(Cc2n[nH]c(=S)n2/N=C\c2cccs2)cc1. The van der Waals surface area contributed by atoms with Gasteiger partial charge in [-0.25, -0.2) is 0 Å². The zero-order chi connectivity index (χ0) is 15.4. The van der Waals surface area contributed by atoms with Crippen molar-refractivity contribution in [3.63, 3.8) is 0 Å². The third-order valence-electron chi connectivity index (χ3n) is 3.08. The first-order valence-electron chi connectivity index (χ1n) is 6.63. The molecule has 2 aromatic heterocycles. The number of rotatable bonds is 5. The van der Waals surface area contributed by atoms with Gasteiger partial charge in [-0.15, -0.1) is 11.3 Å². The summed E-state index contributed by atoms with van der Waals surface area (Å²) < 4.78 is 7.30. The van der Waals surface area contributed by atoms with E-state index >= 15 is 0 Å². The molecule has 2 heterocycles. The molecule has 22 heavy (non-hydrogen) atoms. The van der Waals surface area contributed by atoms with Gasteiger partial charge in [-0.2, -0.15) is 14.9 Å². The largest absolute Gasteiger partial charge is 0.497 e. The molecule has 0 spiro atoms. The minimum Gasteiger partial charge on any atom is -0.497 e. The molecule has 0 bridgehead atoms. The fraction of sp³-hybridized carbons (Fsp3) is 0.133. The first kappa shape index (κ1) is 14.7. The molecule has 0 radical (unpaired) electrons. The lowest BCUT2D eigenvalue weighted by molar-refractivity contribution is 0.414. The van der Waals surface area contributed by atoms with Gasteiger partial charge in [-0.1, -0.05) is 18.2 Å². The third-order valence-corrected chi connectivity index (χ3v) is 4.15. The number of H-pyrrole nitrogens is 1. The van der Waals surface area contributed by atoms with Crippen LogP contribution in [0.2, 0.25) is 0 Å². The first-order valence-corrected chi connectivity index (χ1v) is 7.92. The van der Waals surface area contributed by atoms with E-state index < -0.39 is 0 Å². The highest BCUT2D eigenvalue weighted by atomic mass is 32.1. The molecule has 3 aromatic rings. The molecule has 0 aliphatic heterocycles. The van der Waals surface area contributed by atoms with Crippen LogP contribution in [0.4, 0.5) is 0 Å². The number of thiophene rings is 1. The Kier molecular flexibility index (Phi) is 4.45. The van der Waals surface area contributed by atoms with Crippen molar-refractivity contribution >= 4 is 29.8 Å². The Hall–Kier alpha value is -2.25. The number of nitrogens with zero attached hydrogens (tertiary/aromatic N) is 3. The highest BCUT2D eigenvalue weighted by molar-refractivity contribution is 7.71. The molecule has 7 heteroatoms. The predicted molar refractivity (Wildman–Crippen MR) is 90.5 cm³/mol. The molecule has 5 nitrogen and oxygen atoms in total. The van der Waals surface area contributed by atoms with Crippen LogP contribution in [0.25, 0.3) is 0 Å². The van der Waals surface area contributed by atoms with Crippen molar-refractivity contribution in [2.75, 3.05) is 7.11 Å². The van der Waals surface area contributed by atoms with Crippen LogP contribution in [0.3, 0.4) is 0 Å². The molecule has 1 N–H and O–H groups in total. The van der Waals surface area contributed by atoms with E-state index in [4.69, 9.17) is 17.0 Å². The maximum Gasteiger partial charge on any atom is 0.216 e. The number of methoxy groups -OCH3 is 1. The van der Waals surface area contributed by atoms with Crippen LogP contribution in [0, 0.1) is 4.77 Å². The van der Waals surface area contributed by atoms with E-state index in [9.17, 15) is 0 Å². The molecule has 0 fully saturated rings. The summed E-state index contributed by atoms with van der Waals surface area (Å²) in [5.74, 6) is 1.60. The molecule has 0 amide bonds. The summed E-state index contributed by atoms with van der Waals surface area (Å²) in [6.07, 6.45) is 2.42. The molecular formula is C15H14N4OS2. The van der Waals surface area contributed by atoms with Crippen molar-refractivity contribution in [1.82, 2.24) is 14.9 Å². The lowest BCUT2D eigenvalue weighted by atomic mass is 10.1. The van der Waals surface area contributed by atoms with E-state index in [1.807, 2.05) is 41.8 Å². The molecule has 0 aliphatic rings. The van der Waals surface area contributed by atoms with Crippen molar-refractivity contribution in [2.24, 2.45) is 5.10 Å². The first-order chi connectivity index (χ1) is 10.8. The van der Waals surface area contributed by atoms with E-state index in [1.54, 1.807) is 29.3 Å². The summed E-state index contributed by atoms with van der Waals surface area (Å²) in [4.78, 5) is 1.07. The zero-order valence-electron chi connectivity index (χ0n) is 11.9. The Morgan fingerprint density at radius 2 is 2.18 bits per heavy atom. The summed E-state index contributed by atoms with van der Waals surface area (Å²) in [5.41, 5.74) is 1.11. The van der Waals surface area contributed by atoms with Gasteiger partial charge in [-0.05, 0) is 41.4 Å². The molecule has 112 valence electrons. The number of aromatic nitrogens is 3. The number of nitrogens with one attached hydrogen (secondary N) is 1. The number of hydrogen-bond donors (Lipinski definition) is 1. The average molecular weight is 330 g/mol. The topological polar surface area (TPSA) is 55.2 Å². The molecule has 1 aromatic carbocycles. The van der Waals surface area contributed by atoms with Crippen LogP contribution in [0.5, 0.6) is 5.75 Å². The fourth-order valence-electron chi connectivity index (χ4n) is 1.96. The number of benzene rings is 1. The Labute approximate surface area is 136 Å². The Bertz CT molecular complexity index is 816. The van der Waals surface area contributed by atoms with Gasteiger partial charge in [0.2, 0.25) is 4.77 Å². The van der Waals surface area contributed by atoms with Gasteiger partial charge in [-0.3, -0.25) is 5.10 Å². The smallest absolute Gasteiger partial charge is 0.216 e. The van der Waals surface area contributed by atoms with Crippen LogP contribution in [0.15, 0.2) is 46.9 Å². The molecule has 0 atom stereocenters. The van der Waals surface area contributed by atoms with Gasteiger partial charge in [0.25, 0.3) is 0 Å². The van der Waals surface area contributed by atoms with E-state index in [-0.39, 0.29) is 0 Å². The maximum atomic E-state index is 5.24. The van der Waals surface area contributed by atoms with Gasteiger partial charge in [0.1, 0.15) is 5.75 Å². The summed E-state index contributed by atoms with van der Waals surface area (Å²) >= 11 is 6.86. The Morgan fingerprint density at radius 3 is 2.86 bits per heavy atom. The third kappa shape index (κ3) is 3.32. The molecule has 0 saturated carbocycles. The minimum absolute atomic E-state index is 0.483. The van der Waals surface area contributed by atoms with E-state index in [0.29, 0.717) is 11.2 Å². The molecule has 3 rings (SSSR count). The van der Waals surface area contributed by atoms with E-state index in [1.165, 1.54) is 0 Å². The van der Waals surface area contributed by atoms with Gasteiger partial charge >= 0.3 is 0 Å². The summed E-state index contributed by atoms with van der Waals surface area (Å²) in [5, 5.41) is 13.5. The normalized spacial score (nSPS) is 11.1. The van der Waals surface area contributed by atoms with Crippen LogP contribution in [0.1, 0.15) is 16.3 Å². The number of aromatic amines is 1. The van der Waals surface area contributed by atoms with Crippen molar-refractivity contribution in [3.8, 4) is 5.75 Å². The Morgan fingerprint density at radius 1 is 1.36 bits per heavy atom. The van der Waals surface area contributed by atoms with Crippen LogP contribution in [-0.2, 0) is 6.42 Å². The van der Waals surface area contributed by atoms with Crippen molar-refractivity contribution in [2.45, 2.75) is 6.42 Å². The molecule has 0 unspecified atom stereocenters. The van der Waals surface area contributed by atoms with E-state index in [2.05, 4.69) is 15.3 Å². The lowest BCUT2D eigenvalue weighted by Crippen LogP contribution is -2.00. The zero-order valence-corrected chi connectivity index (χ0v) is 13.5. The molecular weight excluding hydrogens is 316 g/mol. The lowest BCUT2D eigenvalue weighted by Gasteiger charge is -2.03. The quantitative estimate of drug-likeness (QED) is 0.575. The highest BCUT2D eigenvalue weighted by Crippen LogP contribution is 2.14. The monoisotopic (exact) mass is 330 g/mol. The minimum atomic E-state index is 0.483. The highest BCUT2D eigenvalue weighted by Gasteiger charge is 2.06. The van der Waals surface area contributed by atoms with Crippen LogP contribution in [-0.4, -0.2) is 28.2 Å². The van der Waals surface area contributed by atoms with Gasteiger partial charge in [0.15, 0.2) is 5.82 Å². The molecule has 0 aliphatic carbocycles. The van der Waals surface area contributed by atoms with Crippen molar-refractivity contribution in [3.05, 3.63) is 62.8 Å². The van der Waals surface area contributed by atoms with Gasteiger partial charge in [0.05, 0.1) is 13.3 Å². The number of ether oxygens (including phenoxy) is 1. The second-order valence-corrected chi connectivity index (χ2v) is 5.91. The van der Waals surface area contributed by atoms with Crippen molar-refractivity contribution in [1.29, 1.82) is 0 Å². The second kappa shape index (κ2) is 6.67. The average Bonchev–Trinajstić information content (AvgIpc) is 3.17. The van der Waals surface area contributed by atoms with Gasteiger partial charge in [0, 0.05) is 11.3 Å². The summed E-state index contributed by atoms with van der Waals surface area (Å²) in [7, 11) is 1.65. The summed E-state index contributed by atoms with van der Waals surface area (Å²) in [6.45, 7) is 0. The standard InChI is InChI=1S/C15H14N4OS2/c1-20-12-6-4-11(5-7-12)9-14-17-18-15(21)19(14)16-10-13-3-2-8-22-13/h2-8,10H,9H2,1H3,(H,18,21)/b16-10-. The number of hydrogen-bond acceptors (Lipinski definition) is 5. The molecule has 0 saturated heterocycles. The van der Waals surface area contributed by atoms with Crippen LogP contribution >= 0.6 is 23.6 Å². The second-order valence-electron chi connectivity index (χ2n) is 4.54. The van der Waals surface area contributed by atoms with Crippen LogP contribution < -0.4 is 4.74 Å². The maximum absolute atomic E-state index is 5.24. The predicted octanol–water partition coefficient (Wildman–Crippen LogP) is 3.48. The summed E-state index contributed by atoms with van der Waals surface area (Å²) in [6, 6.07) is 11.8. The Balaban J connectivity index is 1.83. The van der Waals surface area contributed by atoms with Crippen molar-refractivity contribution < 1.29 is 4.74 Å². The van der Waals surface area contributed by atoms with E-state index in [0.717, 1.165) is 22.0 Å².